The Bertz CT molecular complexity index is 405. The Morgan fingerprint density at radius 1 is 1.10 bits per heavy atom. The van der Waals surface area contributed by atoms with Crippen molar-refractivity contribution in [1.29, 1.82) is 0 Å². The van der Waals surface area contributed by atoms with E-state index in [0.717, 1.165) is 25.7 Å². The third kappa shape index (κ3) is 6.56. The van der Waals surface area contributed by atoms with E-state index in [1.54, 1.807) is 6.92 Å². The summed E-state index contributed by atoms with van der Waals surface area (Å²) in [6.07, 6.45) is 4.06. The Morgan fingerprint density at radius 3 is 2.19 bits per heavy atom. The number of carbonyl (C=O) groups excluding carboxylic acids is 3. The highest BCUT2D eigenvalue weighted by molar-refractivity contribution is 5.95. The maximum Gasteiger partial charge on any atom is 0.333 e. The lowest BCUT2D eigenvalue weighted by molar-refractivity contribution is -0.143. The van der Waals surface area contributed by atoms with Gasteiger partial charge in [0, 0.05) is 12.0 Å². The Balaban J connectivity index is 2.23. The predicted octanol–water partition coefficient (Wildman–Crippen LogP) is 2.43. The molecule has 5 nitrogen and oxygen atoms in total. The first-order chi connectivity index (χ1) is 9.92. The Kier molecular flexibility index (Phi) is 7.12. The average Bonchev–Trinajstić information content (AvgIpc) is 2.45. The van der Waals surface area contributed by atoms with Crippen molar-refractivity contribution in [2.24, 2.45) is 11.8 Å². The van der Waals surface area contributed by atoms with Crippen molar-refractivity contribution in [3.8, 4) is 0 Å². The van der Waals surface area contributed by atoms with Gasteiger partial charge in [-0.2, -0.15) is 0 Å². The van der Waals surface area contributed by atoms with Crippen molar-refractivity contribution in [2.45, 2.75) is 45.4 Å². The van der Waals surface area contributed by atoms with Crippen LogP contribution in [-0.4, -0.2) is 31.4 Å². The molecule has 21 heavy (non-hydrogen) atoms. The molecule has 0 spiro atoms. The van der Waals surface area contributed by atoms with Gasteiger partial charge in [0.05, 0.1) is 13.7 Å². The highest BCUT2D eigenvalue weighted by Gasteiger charge is 2.24. The molecule has 1 rings (SSSR count). The van der Waals surface area contributed by atoms with Gasteiger partial charge in [-0.25, -0.2) is 4.79 Å². The fourth-order valence-electron chi connectivity index (χ4n) is 2.55. The summed E-state index contributed by atoms with van der Waals surface area (Å²) in [5.41, 5.74) is 0.414. The second-order valence-electron chi connectivity index (χ2n) is 5.76. The number of hydrogen-bond acceptors (Lipinski definition) is 5. The summed E-state index contributed by atoms with van der Waals surface area (Å²) < 4.78 is 9.65. The largest absolute Gasteiger partial charge is 0.469 e. The number of ether oxygens (including phenoxy) is 2. The summed E-state index contributed by atoms with van der Waals surface area (Å²) in [5, 5.41) is 0. The van der Waals surface area contributed by atoms with Gasteiger partial charge < -0.3 is 9.47 Å². The molecule has 0 bridgehead atoms. The Morgan fingerprint density at radius 2 is 1.67 bits per heavy atom. The molecule has 1 aliphatic carbocycles. The lowest BCUT2D eigenvalue weighted by Gasteiger charge is -2.27. The number of esters is 2. The van der Waals surface area contributed by atoms with Crippen LogP contribution in [-0.2, 0) is 23.9 Å². The van der Waals surface area contributed by atoms with Gasteiger partial charge in [-0.1, -0.05) is 6.58 Å². The van der Waals surface area contributed by atoms with Gasteiger partial charge in [0.15, 0.2) is 0 Å². The van der Waals surface area contributed by atoms with Crippen LogP contribution in [0.15, 0.2) is 12.2 Å². The maximum atomic E-state index is 11.7. The van der Waals surface area contributed by atoms with Crippen molar-refractivity contribution in [2.75, 3.05) is 13.7 Å². The van der Waals surface area contributed by atoms with Gasteiger partial charge in [0.25, 0.3) is 0 Å². The molecular formula is C16H24O5. The van der Waals surface area contributed by atoms with Gasteiger partial charge >= 0.3 is 11.9 Å². The minimum absolute atomic E-state index is 0.0565. The van der Waals surface area contributed by atoms with Crippen LogP contribution < -0.4 is 0 Å². The molecule has 0 heterocycles. The van der Waals surface area contributed by atoms with E-state index in [1.165, 1.54) is 7.11 Å². The van der Waals surface area contributed by atoms with Crippen LogP contribution in [0.2, 0.25) is 0 Å². The minimum atomic E-state index is -0.472. The first-order valence-electron chi connectivity index (χ1n) is 7.33. The topological polar surface area (TPSA) is 69.7 Å². The number of methoxy groups -OCH3 is 1. The van der Waals surface area contributed by atoms with Crippen LogP contribution >= 0.6 is 0 Å². The summed E-state index contributed by atoms with van der Waals surface area (Å²) in [6.45, 7) is 5.60. The molecule has 1 saturated carbocycles. The highest BCUT2D eigenvalue weighted by Crippen LogP contribution is 2.31. The van der Waals surface area contributed by atoms with E-state index in [4.69, 9.17) is 4.74 Å². The van der Waals surface area contributed by atoms with Gasteiger partial charge in [-0.05, 0) is 44.4 Å². The van der Waals surface area contributed by atoms with Crippen molar-refractivity contribution in [3.63, 3.8) is 0 Å². The molecule has 0 aliphatic heterocycles. The van der Waals surface area contributed by atoms with Crippen molar-refractivity contribution in [1.82, 2.24) is 0 Å². The summed E-state index contributed by atoms with van der Waals surface area (Å²) in [4.78, 5) is 34.0. The zero-order valence-electron chi connectivity index (χ0n) is 12.9. The molecule has 0 radical (unpaired) electrons. The minimum Gasteiger partial charge on any atom is -0.469 e. The summed E-state index contributed by atoms with van der Waals surface area (Å²) in [7, 11) is 1.28. The number of carbonyl (C=O) groups is 3. The van der Waals surface area contributed by atoms with Crippen molar-refractivity contribution in [3.05, 3.63) is 12.2 Å². The lowest BCUT2D eigenvalue weighted by Crippen LogP contribution is -2.22. The van der Waals surface area contributed by atoms with Crippen LogP contribution in [0.25, 0.3) is 0 Å². The van der Waals surface area contributed by atoms with Gasteiger partial charge in [-0.15, -0.1) is 0 Å². The summed E-state index contributed by atoms with van der Waals surface area (Å²) >= 11 is 0. The summed E-state index contributed by atoms with van der Waals surface area (Å²) in [6, 6.07) is 0. The van der Waals surface area contributed by atoms with Crippen LogP contribution in [0.1, 0.15) is 45.4 Å². The Labute approximate surface area is 125 Å². The van der Waals surface area contributed by atoms with Crippen LogP contribution in [0.3, 0.4) is 0 Å². The monoisotopic (exact) mass is 296 g/mol. The summed E-state index contributed by atoms with van der Waals surface area (Å²) in [5.74, 6) is -0.180. The third-order valence-electron chi connectivity index (χ3n) is 3.85. The van der Waals surface area contributed by atoms with E-state index < -0.39 is 5.97 Å². The Hall–Kier alpha value is -1.65. The normalized spacial score (nSPS) is 21.4. The van der Waals surface area contributed by atoms with Gasteiger partial charge in [-0.3, -0.25) is 9.59 Å². The molecule has 0 atom stereocenters. The highest BCUT2D eigenvalue weighted by atomic mass is 16.5. The van der Waals surface area contributed by atoms with E-state index in [9.17, 15) is 14.4 Å². The molecule has 0 amide bonds. The molecule has 0 aromatic carbocycles. The number of ketones is 1. The first-order valence-corrected chi connectivity index (χ1v) is 7.33. The first kappa shape index (κ1) is 17.4. The molecule has 118 valence electrons. The second-order valence-corrected chi connectivity index (χ2v) is 5.76. The van der Waals surface area contributed by atoms with E-state index in [2.05, 4.69) is 11.3 Å². The molecule has 5 heteroatoms. The molecule has 0 unspecified atom stereocenters. The van der Waals surface area contributed by atoms with E-state index in [1.807, 2.05) is 0 Å². The molecule has 0 aromatic rings. The number of Topliss-reactive ketones (excluding diaryl/α,β-unsaturated/α-hetero) is 1. The van der Waals surface area contributed by atoms with E-state index in [0.29, 0.717) is 30.4 Å². The van der Waals surface area contributed by atoms with Crippen molar-refractivity contribution < 1.29 is 23.9 Å². The lowest BCUT2D eigenvalue weighted by atomic mass is 9.80. The van der Waals surface area contributed by atoms with Crippen molar-refractivity contribution >= 4 is 17.7 Å². The smallest absolute Gasteiger partial charge is 0.333 e. The van der Waals surface area contributed by atoms with E-state index in [-0.39, 0.29) is 18.2 Å². The molecule has 0 N–H and O–H groups in total. The van der Waals surface area contributed by atoms with E-state index >= 15 is 0 Å². The quantitative estimate of drug-likeness (QED) is 0.410. The molecule has 1 aliphatic rings. The standard InChI is InChI=1S/C16H24O5/c1-11(2)16(19)21-10-13-6-4-12(5-7-13)8-14(17)9-15(18)20-3/h12-13H,1,4-10H2,2-3H3. The zero-order valence-corrected chi connectivity index (χ0v) is 12.9. The maximum absolute atomic E-state index is 11.7. The van der Waals surface area contributed by atoms with Gasteiger partial charge in [0.2, 0.25) is 0 Å². The fraction of sp³-hybridized carbons (Fsp3) is 0.688. The number of hydrogen-bond donors (Lipinski definition) is 0. The van der Waals surface area contributed by atoms with Crippen LogP contribution in [0.4, 0.5) is 0 Å². The van der Waals surface area contributed by atoms with Gasteiger partial charge in [0.1, 0.15) is 12.2 Å². The second kappa shape index (κ2) is 8.60. The van der Waals surface area contributed by atoms with Crippen LogP contribution in [0, 0.1) is 11.8 Å². The fourth-order valence-corrected chi connectivity index (χ4v) is 2.55. The molecule has 1 fully saturated rings. The SMILES string of the molecule is C=C(C)C(=O)OCC1CCC(CC(=O)CC(=O)OC)CC1. The third-order valence-corrected chi connectivity index (χ3v) is 3.85. The molecular weight excluding hydrogens is 272 g/mol. The molecule has 0 saturated heterocycles. The number of rotatable bonds is 7. The molecule has 0 aromatic heterocycles. The predicted molar refractivity (Wildman–Crippen MR) is 77.5 cm³/mol. The average molecular weight is 296 g/mol. The van der Waals surface area contributed by atoms with Crippen LogP contribution in [0.5, 0.6) is 0 Å². The zero-order chi connectivity index (χ0) is 15.8.